The predicted octanol–water partition coefficient (Wildman–Crippen LogP) is 3.49. The molecule has 0 spiro atoms. The summed E-state index contributed by atoms with van der Waals surface area (Å²) in [6.07, 6.45) is 0. The molecule has 0 atom stereocenters. The van der Waals surface area contributed by atoms with Crippen molar-refractivity contribution in [2.24, 2.45) is 0 Å². The topological polar surface area (TPSA) is 32.9 Å². The van der Waals surface area contributed by atoms with E-state index in [2.05, 4.69) is 24.9 Å². The quantitative estimate of drug-likeness (QED) is 0.741. The predicted molar refractivity (Wildman–Crippen MR) is 62.4 cm³/mol. The number of fused-ring (bicyclic) bond motifs is 1. The molecule has 0 fully saturated rings. The largest absolute Gasteiger partial charge is 0.352 e. The maximum atomic E-state index is 11.3. The molecule has 15 heavy (non-hydrogen) atoms. The van der Waals surface area contributed by atoms with Crippen LogP contribution in [0.4, 0.5) is 0 Å². The Labute approximate surface area is 89.3 Å². The van der Waals surface area contributed by atoms with Crippen LogP contribution in [0.3, 0.4) is 0 Å². The monoisotopic (exact) mass is 201 g/mol. The molecule has 78 valence electrons. The number of aromatic amines is 1. The number of hydrogen-bond acceptors (Lipinski definition) is 1. The summed E-state index contributed by atoms with van der Waals surface area (Å²) in [7, 11) is 0. The van der Waals surface area contributed by atoms with Gasteiger partial charge in [0.25, 0.3) is 0 Å². The van der Waals surface area contributed by atoms with Crippen molar-refractivity contribution in [3.63, 3.8) is 0 Å². The van der Waals surface area contributed by atoms with E-state index in [1.807, 2.05) is 18.2 Å². The van der Waals surface area contributed by atoms with E-state index in [0.29, 0.717) is 11.6 Å². The summed E-state index contributed by atoms with van der Waals surface area (Å²) in [6.45, 7) is 5.91. The molecule has 0 radical (unpaired) electrons. The molecule has 0 unspecified atom stereocenters. The van der Waals surface area contributed by atoms with Gasteiger partial charge >= 0.3 is 0 Å². The van der Waals surface area contributed by atoms with Gasteiger partial charge in [0.1, 0.15) is 0 Å². The summed E-state index contributed by atoms with van der Waals surface area (Å²) in [6, 6.07) is 8.10. The maximum Gasteiger partial charge on any atom is 0.175 e. The molecule has 0 aliphatic heterocycles. The fraction of sp³-hybridized carbons (Fsp3) is 0.308. The lowest BCUT2D eigenvalue weighted by Gasteiger charge is -2.05. The number of Topliss-reactive ketones (excluding diaryl/α,β-unsaturated/α-hetero) is 1. The first-order chi connectivity index (χ1) is 7.09. The highest BCUT2D eigenvalue weighted by Gasteiger charge is 2.09. The molecule has 1 aromatic heterocycles. The van der Waals surface area contributed by atoms with Gasteiger partial charge in [0, 0.05) is 17.8 Å². The van der Waals surface area contributed by atoms with E-state index < -0.39 is 0 Å². The van der Waals surface area contributed by atoms with Gasteiger partial charge in [-0.25, -0.2) is 0 Å². The van der Waals surface area contributed by atoms with Crippen LogP contribution < -0.4 is 0 Å². The van der Waals surface area contributed by atoms with Gasteiger partial charge in [-0.3, -0.25) is 4.79 Å². The summed E-state index contributed by atoms with van der Waals surface area (Å²) in [4.78, 5) is 14.4. The number of hydrogen-bond donors (Lipinski definition) is 1. The first kappa shape index (κ1) is 9.97. The molecular weight excluding hydrogens is 186 g/mol. The molecule has 2 heteroatoms. The van der Waals surface area contributed by atoms with Gasteiger partial charge in [-0.2, -0.15) is 0 Å². The summed E-state index contributed by atoms with van der Waals surface area (Å²) >= 11 is 0. The summed E-state index contributed by atoms with van der Waals surface area (Å²) < 4.78 is 0. The van der Waals surface area contributed by atoms with Gasteiger partial charge in [0.15, 0.2) is 5.78 Å². The zero-order chi connectivity index (χ0) is 11.0. The van der Waals surface area contributed by atoms with Crippen LogP contribution in [0.5, 0.6) is 0 Å². The Morgan fingerprint density at radius 1 is 1.33 bits per heavy atom. The van der Waals surface area contributed by atoms with Crippen LogP contribution in [-0.2, 0) is 0 Å². The molecule has 2 rings (SSSR count). The van der Waals surface area contributed by atoms with Gasteiger partial charge in [-0.05, 0) is 23.6 Å². The highest BCUT2D eigenvalue weighted by Crippen LogP contribution is 2.25. The molecule has 0 saturated carbocycles. The Balaban J connectivity index is 2.69. The highest BCUT2D eigenvalue weighted by molar-refractivity contribution is 5.98. The average molecular weight is 201 g/mol. The molecule has 2 nitrogen and oxygen atoms in total. The Bertz CT molecular complexity index is 508. The zero-order valence-corrected chi connectivity index (χ0v) is 9.29. The van der Waals surface area contributed by atoms with Crippen molar-refractivity contribution in [1.82, 2.24) is 4.98 Å². The Morgan fingerprint density at radius 3 is 2.67 bits per heavy atom. The van der Waals surface area contributed by atoms with E-state index in [4.69, 9.17) is 0 Å². The second kappa shape index (κ2) is 3.54. The fourth-order valence-electron chi connectivity index (χ4n) is 1.87. The van der Waals surface area contributed by atoms with Gasteiger partial charge in [-0.15, -0.1) is 0 Å². The molecular formula is C13H15NO. The van der Waals surface area contributed by atoms with Crippen molar-refractivity contribution in [2.45, 2.75) is 26.7 Å². The van der Waals surface area contributed by atoms with Crippen molar-refractivity contribution in [1.29, 1.82) is 0 Å². The van der Waals surface area contributed by atoms with Gasteiger partial charge < -0.3 is 4.98 Å². The SMILES string of the molecule is CC(=O)c1cc2c(C(C)C)cccc2[nH]1. The molecule has 1 heterocycles. The van der Waals surface area contributed by atoms with E-state index in [-0.39, 0.29) is 5.78 Å². The van der Waals surface area contributed by atoms with Crippen LogP contribution in [-0.4, -0.2) is 10.8 Å². The van der Waals surface area contributed by atoms with E-state index in [0.717, 1.165) is 10.9 Å². The number of H-pyrrole nitrogens is 1. The van der Waals surface area contributed by atoms with Crippen LogP contribution in [0.2, 0.25) is 0 Å². The normalized spacial score (nSPS) is 11.2. The Morgan fingerprint density at radius 2 is 2.07 bits per heavy atom. The van der Waals surface area contributed by atoms with Gasteiger partial charge in [0.2, 0.25) is 0 Å². The fourth-order valence-corrected chi connectivity index (χ4v) is 1.87. The third-order valence-electron chi connectivity index (χ3n) is 2.70. The minimum atomic E-state index is 0.0842. The van der Waals surface area contributed by atoms with Crippen LogP contribution in [0.25, 0.3) is 10.9 Å². The van der Waals surface area contributed by atoms with Crippen molar-refractivity contribution in [2.75, 3.05) is 0 Å². The third-order valence-corrected chi connectivity index (χ3v) is 2.70. The summed E-state index contributed by atoms with van der Waals surface area (Å²) in [5.74, 6) is 0.560. The lowest BCUT2D eigenvalue weighted by molar-refractivity contribution is 0.101. The minimum absolute atomic E-state index is 0.0842. The molecule has 0 aliphatic rings. The van der Waals surface area contributed by atoms with Crippen molar-refractivity contribution >= 4 is 16.7 Å². The van der Waals surface area contributed by atoms with Crippen LogP contribution in [0.1, 0.15) is 42.7 Å². The first-order valence-electron chi connectivity index (χ1n) is 5.22. The molecule has 1 N–H and O–H groups in total. The van der Waals surface area contributed by atoms with E-state index in [1.54, 1.807) is 6.92 Å². The molecule has 1 aromatic carbocycles. The number of carbonyl (C=O) groups is 1. The summed E-state index contributed by atoms with van der Waals surface area (Å²) in [5.41, 5.74) is 3.03. The number of ketones is 1. The van der Waals surface area contributed by atoms with E-state index >= 15 is 0 Å². The average Bonchev–Trinajstić information content (AvgIpc) is 2.60. The van der Waals surface area contributed by atoms with E-state index in [1.165, 1.54) is 5.56 Å². The maximum absolute atomic E-state index is 11.3. The standard InChI is InChI=1S/C13H15NO/c1-8(2)10-5-4-6-12-11(10)7-13(14-12)9(3)15/h4-8,14H,1-3H3. The number of aromatic nitrogens is 1. The Hall–Kier alpha value is -1.57. The number of benzene rings is 1. The third kappa shape index (κ3) is 1.67. The van der Waals surface area contributed by atoms with Crippen LogP contribution >= 0.6 is 0 Å². The van der Waals surface area contributed by atoms with Crippen molar-refractivity contribution in [3.8, 4) is 0 Å². The van der Waals surface area contributed by atoms with Gasteiger partial charge in [-0.1, -0.05) is 26.0 Å². The lowest BCUT2D eigenvalue weighted by atomic mass is 9.99. The number of carbonyl (C=O) groups excluding carboxylic acids is 1. The van der Waals surface area contributed by atoms with Crippen molar-refractivity contribution in [3.05, 3.63) is 35.5 Å². The first-order valence-corrected chi connectivity index (χ1v) is 5.22. The molecule has 0 saturated heterocycles. The molecule has 2 aromatic rings. The Kier molecular flexibility index (Phi) is 2.35. The number of rotatable bonds is 2. The molecule has 0 aliphatic carbocycles. The van der Waals surface area contributed by atoms with Crippen LogP contribution in [0, 0.1) is 0 Å². The van der Waals surface area contributed by atoms with Gasteiger partial charge in [0.05, 0.1) is 5.69 Å². The molecule has 0 bridgehead atoms. The second-order valence-electron chi connectivity index (χ2n) is 4.20. The minimum Gasteiger partial charge on any atom is -0.352 e. The highest BCUT2D eigenvalue weighted by atomic mass is 16.1. The van der Waals surface area contributed by atoms with Crippen LogP contribution in [0.15, 0.2) is 24.3 Å². The molecule has 0 amide bonds. The summed E-state index contributed by atoms with van der Waals surface area (Å²) in [5, 5.41) is 1.16. The number of nitrogens with one attached hydrogen (secondary N) is 1. The second-order valence-corrected chi connectivity index (χ2v) is 4.20. The lowest BCUT2D eigenvalue weighted by Crippen LogP contribution is -1.89. The van der Waals surface area contributed by atoms with E-state index in [9.17, 15) is 4.79 Å². The van der Waals surface area contributed by atoms with Crippen molar-refractivity contribution < 1.29 is 4.79 Å². The smallest absolute Gasteiger partial charge is 0.175 e. The zero-order valence-electron chi connectivity index (χ0n) is 9.29.